The Morgan fingerprint density at radius 1 is 1.67 bits per heavy atom. The molecule has 0 spiro atoms. The van der Waals surface area contributed by atoms with Gasteiger partial charge in [0.05, 0.1) is 8.99 Å². The molecule has 0 fully saturated rings. The lowest BCUT2D eigenvalue weighted by atomic mass is 9.97. The molecule has 0 heterocycles. The number of nitrogens with one attached hydrogen (secondary N) is 1. The molecule has 1 aliphatic carbocycles. The van der Waals surface area contributed by atoms with E-state index in [1.165, 1.54) is 11.0 Å². The maximum absolute atomic E-state index is 9.28. The lowest BCUT2D eigenvalue weighted by Crippen LogP contribution is -2.32. The summed E-state index contributed by atoms with van der Waals surface area (Å²) in [5.74, 6) is 11.2. The van der Waals surface area contributed by atoms with Gasteiger partial charge in [0.1, 0.15) is 6.07 Å². The van der Waals surface area contributed by atoms with E-state index in [0.717, 1.165) is 0 Å². The van der Waals surface area contributed by atoms with Gasteiger partial charge < -0.3 is 0 Å². The van der Waals surface area contributed by atoms with Crippen molar-refractivity contribution >= 4 is 28.9 Å². The van der Waals surface area contributed by atoms with Gasteiger partial charge in [0.2, 0.25) is 0 Å². The molecule has 1 aliphatic rings. The van der Waals surface area contributed by atoms with Crippen molar-refractivity contribution in [2.24, 2.45) is 17.6 Å². The zero-order chi connectivity index (χ0) is 13.8. The minimum atomic E-state index is -0.215. The van der Waals surface area contributed by atoms with E-state index in [0.29, 0.717) is 11.3 Å². The monoisotopic (exact) mass is 358 g/mol. The Kier molecular flexibility index (Phi) is 4.93. The Morgan fingerprint density at radius 3 is 2.89 bits per heavy atom. The van der Waals surface area contributed by atoms with Crippen LogP contribution in [0.25, 0.3) is 0 Å². The van der Waals surface area contributed by atoms with Gasteiger partial charge in [-0.05, 0) is 25.0 Å². The van der Waals surface area contributed by atoms with E-state index in [9.17, 15) is 5.26 Å². The highest BCUT2D eigenvalue weighted by Gasteiger charge is 2.22. The van der Waals surface area contributed by atoms with Crippen LogP contribution in [0.3, 0.4) is 0 Å². The summed E-state index contributed by atoms with van der Waals surface area (Å²) in [4.78, 5) is 0. The molecule has 0 aromatic carbocycles. The van der Waals surface area contributed by atoms with Crippen LogP contribution in [0.5, 0.6) is 0 Å². The quantitative estimate of drug-likeness (QED) is 0.101. The van der Waals surface area contributed by atoms with Gasteiger partial charge in [0.25, 0.3) is 6.34 Å². The first kappa shape index (κ1) is 14.7. The zero-order valence-electron chi connectivity index (χ0n) is 10.4. The average Bonchev–Trinajstić information content (AvgIpc) is 2.30. The second-order valence-electron chi connectivity index (χ2n) is 4.29. The molecule has 1 rings (SSSR count). The number of nitrogens with two attached hydrogens (primary N) is 2. The third-order valence-corrected chi connectivity index (χ3v) is 3.13. The molecule has 0 radical (unpaired) electrons. The molecule has 0 aliphatic heterocycles. The molecule has 5 nitrogen and oxygen atoms in total. The van der Waals surface area contributed by atoms with Gasteiger partial charge in [-0.15, -0.1) is 4.68 Å². The smallest absolute Gasteiger partial charge is 0.269 e. The van der Waals surface area contributed by atoms with Crippen LogP contribution < -0.4 is 17.1 Å². The van der Waals surface area contributed by atoms with Crippen LogP contribution >= 0.6 is 22.6 Å². The second kappa shape index (κ2) is 6.02. The Morgan fingerprint density at radius 2 is 2.33 bits per heavy atom. The highest BCUT2D eigenvalue weighted by molar-refractivity contribution is 14.1. The summed E-state index contributed by atoms with van der Waals surface area (Å²) in [5, 5.41) is 9.28. The standard InChI is InChI=1S/C12H16IN5/c1-9-3-4-12(2,13)6-10(7-14)11(5-9)18(16)8-17-15/h3-6,8-9H,15-16H2,1-2H3/p+1/b4-3-,10-6-,11-5+. The number of hydrogen-bond acceptors (Lipinski definition) is 3. The van der Waals surface area contributed by atoms with Crippen LogP contribution in [0, 0.1) is 17.2 Å². The third-order valence-electron chi connectivity index (χ3n) is 2.46. The number of hydrazone groups is 1. The summed E-state index contributed by atoms with van der Waals surface area (Å²) in [7, 11) is 0. The first-order chi connectivity index (χ1) is 8.39. The van der Waals surface area contributed by atoms with Gasteiger partial charge in [-0.3, -0.25) is 5.84 Å². The van der Waals surface area contributed by atoms with E-state index in [1.807, 2.05) is 26.0 Å². The van der Waals surface area contributed by atoms with Crippen molar-refractivity contribution in [1.82, 2.24) is 5.43 Å². The summed E-state index contributed by atoms with van der Waals surface area (Å²) in [6.45, 7) is 4.07. The minimum absolute atomic E-state index is 0.184. The molecule has 96 valence electrons. The van der Waals surface area contributed by atoms with Gasteiger partial charge in [0.15, 0.2) is 5.70 Å². The van der Waals surface area contributed by atoms with Crippen molar-refractivity contribution < 1.29 is 4.68 Å². The molecular weight excluding hydrogens is 341 g/mol. The first-order valence-electron chi connectivity index (χ1n) is 5.46. The summed E-state index contributed by atoms with van der Waals surface area (Å²) < 4.78 is 1.10. The molecule has 0 amide bonds. The zero-order valence-corrected chi connectivity index (χ0v) is 12.5. The second-order valence-corrected chi connectivity index (χ2v) is 6.62. The van der Waals surface area contributed by atoms with Crippen molar-refractivity contribution in [2.45, 2.75) is 17.3 Å². The van der Waals surface area contributed by atoms with Crippen LogP contribution in [0.15, 0.2) is 35.6 Å². The van der Waals surface area contributed by atoms with Crippen LogP contribution in [0.1, 0.15) is 13.8 Å². The molecule has 0 aromatic heterocycles. The lowest BCUT2D eigenvalue weighted by Gasteiger charge is -2.18. The number of alkyl halides is 1. The van der Waals surface area contributed by atoms with Crippen molar-refractivity contribution in [3.05, 3.63) is 35.6 Å². The van der Waals surface area contributed by atoms with Crippen molar-refractivity contribution in [2.75, 3.05) is 0 Å². The van der Waals surface area contributed by atoms with Gasteiger partial charge in [-0.25, -0.2) is 5.43 Å². The van der Waals surface area contributed by atoms with Gasteiger partial charge in [-0.1, -0.05) is 41.7 Å². The summed E-state index contributed by atoms with van der Waals surface area (Å²) in [5.41, 5.74) is 3.52. The highest BCUT2D eigenvalue weighted by Crippen LogP contribution is 2.28. The molecule has 2 unspecified atom stereocenters. The fourth-order valence-electron chi connectivity index (χ4n) is 1.60. The summed E-state index contributed by atoms with van der Waals surface area (Å²) in [6, 6.07) is 2.18. The van der Waals surface area contributed by atoms with E-state index in [2.05, 4.69) is 46.2 Å². The summed E-state index contributed by atoms with van der Waals surface area (Å²) in [6.07, 6.45) is 9.37. The van der Waals surface area contributed by atoms with E-state index in [-0.39, 0.29) is 9.34 Å². The van der Waals surface area contributed by atoms with Crippen LogP contribution in [-0.2, 0) is 0 Å². The first-order valence-corrected chi connectivity index (χ1v) is 6.54. The topological polar surface area (TPSA) is 90.9 Å². The van der Waals surface area contributed by atoms with E-state index in [4.69, 9.17) is 11.7 Å². The largest absolute Gasteiger partial charge is 0.278 e. The van der Waals surface area contributed by atoms with Crippen LogP contribution in [0.4, 0.5) is 0 Å². The maximum atomic E-state index is 9.28. The number of hydrazine groups is 2. The minimum Gasteiger partial charge on any atom is -0.269 e. The van der Waals surface area contributed by atoms with Gasteiger partial charge in [0, 0.05) is 0 Å². The molecule has 6 heteroatoms. The van der Waals surface area contributed by atoms with E-state index >= 15 is 0 Å². The molecule has 5 N–H and O–H groups in total. The molecule has 0 saturated heterocycles. The summed E-state index contributed by atoms with van der Waals surface area (Å²) >= 11 is 2.28. The Hall–Kier alpha value is -1.33. The van der Waals surface area contributed by atoms with Gasteiger partial charge in [-0.2, -0.15) is 11.1 Å². The predicted molar refractivity (Wildman–Crippen MR) is 80.3 cm³/mol. The molecular formula is C12H17IN5+. The molecule has 2 atom stereocenters. The third kappa shape index (κ3) is 3.85. The lowest BCUT2D eigenvalue weighted by molar-refractivity contribution is -0.482. The van der Waals surface area contributed by atoms with Crippen LogP contribution in [0.2, 0.25) is 0 Å². The SMILES string of the molecule is CC1/C=C\C(C)(I)\C=C(C#N)/C([N+](/N)=C/NN)=C\1. The van der Waals surface area contributed by atoms with Crippen molar-refractivity contribution in [3.8, 4) is 6.07 Å². The van der Waals surface area contributed by atoms with Gasteiger partial charge >= 0.3 is 0 Å². The van der Waals surface area contributed by atoms with Crippen molar-refractivity contribution in [3.63, 3.8) is 0 Å². The molecule has 0 aromatic rings. The average molecular weight is 358 g/mol. The Bertz CT molecular complexity index is 479. The number of hydrogen-bond donors (Lipinski definition) is 3. The molecule has 0 saturated carbocycles. The fourth-order valence-corrected chi connectivity index (χ4v) is 2.12. The normalized spacial score (nSPS) is 36.2. The number of rotatable bonds is 2. The van der Waals surface area contributed by atoms with E-state index in [1.54, 1.807) is 0 Å². The number of allylic oxidation sites excluding steroid dienone is 5. The Labute approximate surface area is 121 Å². The predicted octanol–water partition coefficient (Wildman–Crippen LogP) is 1.10. The number of nitriles is 1. The molecule has 0 bridgehead atoms. The molecule has 18 heavy (non-hydrogen) atoms. The fraction of sp³-hybridized carbons (Fsp3) is 0.333. The van der Waals surface area contributed by atoms with E-state index < -0.39 is 0 Å². The van der Waals surface area contributed by atoms with Crippen molar-refractivity contribution in [1.29, 1.82) is 5.26 Å². The van der Waals surface area contributed by atoms with Crippen LogP contribution in [-0.4, -0.2) is 14.4 Å². The number of nitrogens with zero attached hydrogens (tertiary/aromatic N) is 2. The maximum Gasteiger partial charge on any atom is 0.278 e. The highest BCUT2D eigenvalue weighted by atomic mass is 127. The Balaban J connectivity index is 3.37. The number of halogens is 1.